The van der Waals surface area contributed by atoms with Gasteiger partial charge in [-0.3, -0.25) is 9.69 Å². The van der Waals surface area contributed by atoms with E-state index in [9.17, 15) is 9.90 Å². The van der Waals surface area contributed by atoms with Gasteiger partial charge < -0.3 is 10.8 Å². The number of carbonyl (C=O) groups is 1. The van der Waals surface area contributed by atoms with E-state index in [1.54, 1.807) is 16.2 Å². The summed E-state index contributed by atoms with van der Waals surface area (Å²) in [6.07, 6.45) is 1.16. The fourth-order valence-electron chi connectivity index (χ4n) is 3.28. The van der Waals surface area contributed by atoms with Crippen molar-refractivity contribution in [3.05, 3.63) is 41.0 Å². The normalized spacial score (nSPS) is 23.1. The van der Waals surface area contributed by atoms with Crippen LogP contribution < -0.4 is 5.73 Å². The summed E-state index contributed by atoms with van der Waals surface area (Å²) in [6, 6.07) is 8.13. The van der Waals surface area contributed by atoms with Gasteiger partial charge in [0.1, 0.15) is 0 Å². The first-order valence-electron chi connectivity index (χ1n) is 7.73. The summed E-state index contributed by atoms with van der Waals surface area (Å²) in [7, 11) is 0. The van der Waals surface area contributed by atoms with Crippen LogP contribution in [0, 0.1) is 6.92 Å². The van der Waals surface area contributed by atoms with Gasteiger partial charge in [0.2, 0.25) is 0 Å². The van der Waals surface area contributed by atoms with Crippen molar-refractivity contribution < 1.29 is 9.90 Å². The van der Waals surface area contributed by atoms with Crippen LogP contribution in [0.4, 0.5) is 0 Å². The number of nitrogens with two attached hydrogens (primary N) is 1. The molecule has 2 aromatic rings. The molecule has 1 aliphatic rings. The predicted molar refractivity (Wildman–Crippen MR) is 90.8 cm³/mol. The molecule has 1 aliphatic heterocycles. The molecule has 122 valence electrons. The number of rotatable bonds is 4. The van der Waals surface area contributed by atoms with Gasteiger partial charge in [0.05, 0.1) is 16.1 Å². The topological polar surface area (TPSA) is 79.4 Å². The van der Waals surface area contributed by atoms with Gasteiger partial charge in [-0.2, -0.15) is 0 Å². The first-order valence-corrected chi connectivity index (χ1v) is 8.61. The minimum absolute atomic E-state index is 0.0772. The number of aliphatic hydroxyl groups is 1. The van der Waals surface area contributed by atoms with Crippen molar-refractivity contribution in [1.29, 1.82) is 0 Å². The van der Waals surface area contributed by atoms with Crippen molar-refractivity contribution >= 4 is 17.2 Å². The molecule has 1 fully saturated rings. The molecule has 5 nitrogen and oxygen atoms in total. The van der Waals surface area contributed by atoms with Crippen LogP contribution in [0.3, 0.4) is 0 Å². The Balaban J connectivity index is 1.85. The summed E-state index contributed by atoms with van der Waals surface area (Å²) in [4.78, 5) is 18.9. The van der Waals surface area contributed by atoms with Crippen LogP contribution in [0.15, 0.2) is 29.8 Å². The van der Waals surface area contributed by atoms with Gasteiger partial charge in [0, 0.05) is 19.0 Å². The van der Waals surface area contributed by atoms with E-state index >= 15 is 0 Å². The maximum Gasteiger partial charge on any atom is 0.264 e. The van der Waals surface area contributed by atoms with Crippen molar-refractivity contribution in [3.63, 3.8) is 0 Å². The number of hydrogen-bond donors (Lipinski definition) is 2. The number of hydrogen-bond acceptors (Lipinski definition) is 5. The molecule has 0 bridgehead atoms. The highest BCUT2D eigenvalue weighted by molar-refractivity contribution is 7.13. The quantitative estimate of drug-likeness (QED) is 0.902. The van der Waals surface area contributed by atoms with Crippen molar-refractivity contribution in [2.45, 2.75) is 38.5 Å². The van der Waals surface area contributed by atoms with Gasteiger partial charge in [-0.1, -0.05) is 24.3 Å². The average molecular weight is 331 g/mol. The number of carbonyl (C=O) groups excluding carboxylic acids is 1. The molecule has 0 aliphatic carbocycles. The smallest absolute Gasteiger partial charge is 0.264 e. The Morgan fingerprint density at radius 3 is 2.70 bits per heavy atom. The lowest BCUT2D eigenvalue weighted by Gasteiger charge is -2.35. The van der Waals surface area contributed by atoms with Gasteiger partial charge in [-0.05, 0) is 31.4 Å². The van der Waals surface area contributed by atoms with Crippen molar-refractivity contribution in [1.82, 2.24) is 9.88 Å². The zero-order chi connectivity index (χ0) is 16.6. The molecule has 1 saturated heterocycles. The average Bonchev–Trinajstić information content (AvgIpc) is 3.13. The Morgan fingerprint density at radius 1 is 1.43 bits per heavy atom. The minimum atomic E-state index is -1.54. The van der Waals surface area contributed by atoms with Crippen molar-refractivity contribution in [3.8, 4) is 10.4 Å². The molecule has 1 unspecified atom stereocenters. The molecule has 1 aromatic carbocycles. The van der Waals surface area contributed by atoms with Crippen molar-refractivity contribution in [2.75, 3.05) is 6.54 Å². The number of amides is 1. The number of aryl methyl sites for hydroxylation is 1. The second-order valence-corrected chi connectivity index (χ2v) is 6.90. The Kier molecular flexibility index (Phi) is 4.23. The fourth-order valence-corrected chi connectivity index (χ4v) is 4.09. The summed E-state index contributed by atoms with van der Waals surface area (Å²) in [5.74, 6) is -0.668. The van der Waals surface area contributed by atoms with Crippen LogP contribution in [-0.2, 0) is 4.79 Å². The molecule has 1 aromatic heterocycles. The molecule has 2 atom stereocenters. The van der Waals surface area contributed by atoms with E-state index in [2.05, 4.69) is 17.1 Å². The predicted octanol–water partition coefficient (Wildman–Crippen LogP) is 2.45. The van der Waals surface area contributed by atoms with Crippen LogP contribution >= 0.6 is 11.3 Å². The number of benzene rings is 1. The standard InChI is InChI=1S/C17H21N3O2S/c1-11-15(23-10-19-11)14-6-4-13(5-7-14)12(2)20-9-3-8-17(20,22)16(18)21/h4-7,10,12,22H,3,8-9H2,1-2H3,(H2,18,21)/t12?,17-/m1/s1. The fraction of sp³-hybridized carbons (Fsp3) is 0.412. The van der Waals surface area contributed by atoms with Gasteiger partial charge in [-0.25, -0.2) is 4.98 Å². The third-order valence-electron chi connectivity index (χ3n) is 4.66. The van der Waals surface area contributed by atoms with E-state index in [4.69, 9.17) is 5.73 Å². The maximum absolute atomic E-state index is 11.6. The first-order chi connectivity index (χ1) is 10.9. The van der Waals surface area contributed by atoms with Gasteiger partial charge in [0.25, 0.3) is 5.91 Å². The van der Waals surface area contributed by atoms with Crippen LogP contribution in [0.5, 0.6) is 0 Å². The van der Waals surface area contributed by atoms with Crippen LogP contribution in [0.2, 0.25) is 0 Å². The lowest BCUT2D eigenvalue weighted by molar-refractivity contribution is -0.157. The van der Waals surface area contributed by atoms with E-state index in [0.717, 1.165) is 23.2 Å². The third-order valence-corrected chi connectivity index (χ3v) is 5.64. The Labute approximate surface area is 139 Å². The molecule has 0 spiro atoms. The number of nitrogens with zero attached hydrogens (tertiary/aromatic N) is 2. The van der Waals surface area contributed by atoms with Crippen LogP contribution in [-0.4, -0.2) is 33.2 Å². The molecule has 3 N–H and O–H groups in total. The van der Waals surface area contributed by atoms with E-state index in [-0.39, 0.29) is 6.04 Å². The second kappa shape index (κ2) is 6.03. The van der Waals surface area contributed by atoms with Crippen LogP contribution in [0.1, 0.15) is 37.1 Å². The summed E-state index contributed by atoms with van der Waals surface area (Å²) in [6.45, 7) is 4.65. The van der Waals surface area contributed by atoms with E-state index in [1.807, 2.05) is 31.5 Å². The monoisotopic (exact) mass is 331 g/mol. The maximum atomic E-state index is 11.6. The zero-order valence-corrected chi connectivity index (χ0v) is 14.1. The van der Waals surface area contributed by atoms with Gasteiger partial charge in [-0.15, -0.1) is 11.3 Å². The molecule has 1 amide bonds. The molecule has 3 rings (SSSR count). The lowest BCUT2D eigenvalue weighted by atomic mass is 10.0. The second-order valence-electron chi connectivity index (χ2n) is 6.04. The van der Waals surface area contributed by atoms with Gasteiger partial charge in [0.15, 0.2) is 5.72 Å². The van der Waals surface area contributed by atoms with Crippen molar-refractivity contribution in [2.24, 2.45) is 5.73 Å². The van der Waals surface area contributed by atoms with E-state index < -0.39 is 11.6 Å². The summed E-state index contributed by atoms with van der Waals surface area (Å²) in [5, 5.41) is 10.5. The highest BCUT2D eigenvalue weighted by Gasteiger charge is 2.46. The molecule has 23 heavy (non-hydrogen) atoms. The molecular formula is C17H21N3O2S. The number of thiazole rings is 1. The first kappa shape index (κ1) is 16.1. The van der Waals surface area contributed by atoms with E-state index in [0.29, 0.717) is 13.0 Å². The summed E-state index contributed by atoms with van der Waals surface area (Å²) >= 11 is 1.62. The molecule has 6 heteroatoms. The highest BCUT2D eigenvalue weighted by Crippen LogP contribution is 2.36. The minimum Gasteiger partial charge on any atom is -0.367 e. The zero-order valence-electron chi connectivity index (χ0n) is 13.3. The number of likely N-dealkylation sites (tertiary alicyclic amines) is 1. The number of aromatic nitrogens is 1. The molecule has 0 radical (unpaired) electrons. The number of primary amides is 1. The Morgan fingerprint density at radius 2 is 2.13 bits per heavy atom. The Hall–Kier alpha value is -1.76. The van der Waals surface area contributed by atoms with Crippen LogP contribution in [0.25, 0.3) is 10.4 Å². The third kappa shape index (κ3) is 2.78. The van der Waals surface area contributed by atoms with Gasteiger partial charge >= 0.3 is 0 Å². The summed E-state index contributed by atoms with van der Waals surface area (Å²) in [5.41, 5.74) is 8.93. The Bertz CT molecular complexity index is 713. The molecular weight excluding hydrogens is 310 g/mol. The lowest BCUT2D eigenvalue weighted by Crippen LogP contribution is -2.54. The SMILES string of the molecule is Cc1ncsc1-c1ccc(C(C)N2CCC[C@@]2(O)C(N)=O)cc1. The highest BCUT2D eigenvalue weighted by atomic mass is 32.1. The largest absolute Gasteiger partial charge is 0.367 e. The summed E-state index contributed by atoms with van der Waals surface area (Å²) < 4.78 is 0. The molecule has 2 heterocycles. The van der Waals surface area contributed by atoms with E-state index in [1.165, 1.54) is 4.88 Å². The molecule has 0 saturated carbocycles.